The fraction of sp³-hybridized carbons (Fsp3) is 0.286. The Morgan fingerprint density at radius 1 is 1.11 bits per heavy atom. The number of pyridine rings is 2. The Labute approximate surface area is 214 Å². The van der Waals surface area contributed by atoms with Crippen LogP contribution in [-0.4, -0.2) is 39.8 Å². The van der Waals surface area contributed by atoms with Crippen LogP contribution in [0.3, 0.4) is 0 Å². The molecule has 0 spiro atoms. The van der Waals surface area contributed by atoms with Crippen LogP contribution in [0.4, 0.5) is 0 Å². The second kappa shape index (κ2) is 10.7. The van der Waals surface area contributed by atoms with E-state index in [1.165, 1.54) is 0 Å². The van der Waals surface area contributed by atoms with Gasteiger partial charge in [0, 0.05) is 18.3 Å². The predicted octanol–water partition coefficient (Wildman–Crippen LogP) is 3.81. The molecule has 4 rings (SSSR count). The summed E-state index contributed by atoms with van der Waals surface area (Å²) in [6.07, 6.45) is 1.63. The molecule has 2 amide bonds. The summed E-state index contributed by atoms with van der Waals surface area (Å²) in [7, 11) is 1.58. The van der Waals surface area contributed by atoms with Gasteiger partial charge in [0.05, 0.1) is 29.9 Å². The summed E-state index contributed by atoms with van der Waals surface area (Å²) < 4.78 is 7.38. The molecule has 3 aromatic heterocycles. The molecule has 192 valence electrons. The van der Waals surface area contributed by atoms with Crippen molar-refractivity contribution in [3.05, 3.63) is 87.4 Å². The molecule has 0 saturated carbocycles. The Kier molecular flexibility index (Phi) is 7.42. The van der Waals surface area contributed by atoms with Crippen LogP contribution >= 0.6 is 0 Å². The van der Waals surface area contributed by atoms with E-state index in [4.69, 9.17) is 4.74 Å². The van der Waals surface area contributed by atoms with Crippen molar-refractivity contribution in [2.75, 3.05) is 13.7 Å². The number of nitrogens with zero attached hydrogens (tertiary/aromatic N) is 2. The van der Waals surface area contributed by atoms with E-state index in [2.05, 4.69) is 20.6 Å². The smallest absolute Gasteiger partial charge is 0.268 e. The number of aromatic amines is 1. The van der Waals surface area contributed by atoms with Crippen LogP contribution in [0.2, 0.25) is 0 Å². The molecule has 0 aliphatic rings. The number of rotatable bonds is 8. The Hall–Kier alpha value is -4.40. The van der Waals surface area contributed by atoms with Gasteiger partial charge in [0.2, 0.25) is 0 Å². The zero-order chi connectivity index (χ0) is 26.7. The number of fused-ring (bicyclic) bond motifs is 1. The van der Waals surface area contributed by atoms with E-state index < -0.39 is 0 Å². The first-order chi connectivity index (χ1) is 17.7. The number of ether oxygens (including phenoxy) is 1. The number of aromatic nitrogens is 3. The zero-order valence-electron chi connectivity index (χ0n) is 21.6. The lowest BCUT2D eigenvalue weighted by atomic mass is 10.0. The molecule has 3 N–H and O–H groups in total. The van der Waals surface area contributed by atoms with Gasteiger partial charge >= 0.3 is 0 Å². The van der Waals surface area contributed by atoms with E-state index >= 15 is 0 Å². The largest absolute Gasteiger partial charge is 0.493 e. The summed E-state index contributed by atoms with van der Waals surface area (Å²) in [6.45, 7) is 8.09. The van der Waals surface area contributed by atoms with Gasteiger partial charge in [0.1, 0.15) is 17.8 Å². The topological polar surface area (TPSA) is 118 Å². The van der Waals surface area contributed by atoms with Gasteiger partial charge < -0.3 is 20.4 Å². The van der Waals surface area contributed by atoms with Crippen molar-refractivity contribution in [3.63, 3.8) is 0 Å². The molecule has 9 nitrogen and oxygen atoms in total. The van der Waals surface area contributed by atoms with Crippen molar-refractivity contribution < 1.29 is 14.3 Å². The number of aryl methyl sites for hydroxylation is 1. The molecule has 9 heteroatoms. The first-order valence-electron chi connectivity index (χ1n) is 12.2. The van der Waals surface area contributed by atoms with Crippen LogP contribution < -0.4 is 20.9 Å². The second-order valence-electron chi connectivity index (χ2n) is 9.07. The number of carbonyl (C=O) groups is 2. The van der Waals surface area contributed by atoms with Crippen LogP contribution in [0.5, 0.6) is 5.75 Å². The molecule has 0 aliphatic carbocycles. The Bertz CT molecular complexity index is 1530. The number of H-pyrrole nitrogens is 1. The fourth-order valence-corrected chi connectivity index (χ4v) is 4.28. The third-order valence-electron chi connectivity index (χ3n) is 6.10. The van der Waals surface area contributed by atoms with E-state index in [-0.39, 0.29) is 29.8 Å². The van der Waals surface area contributed by atoms with Gasteiger partial charge in [0.25, 0.3) is 17.4 Å². The summed E-state index contributed by atoms with van der Waals surface area (Å²) in [6, 6.07) is 12.7. The molecular weight excluding hydrogens is 470 g/mol. The molecule has 0 fully saturated rings. The van der Waals surface area contributed by atoms with Crippen LogP contribution in [-0.2, 0) is 6.54 Å². The van der Waals surface area contributed by atoms with Crippen LogP contribution in [0, 0.1) is 6.92 Å². The quantitative estimate of drug-likeness (QED) is 0.339. The van der Waals surface area contributed by atoms with Crippen molar-refractivity contribution in [3.8, 4) is 16.9 Å². The second-order valence-corrected chi connectivity index (χ2v) is 9.07. The Balaban J connectivity index is 1.77. The molecule has 0 radical (unpaired) electrons. The zero-order valence-corrected chi connectivity index (χ0v) is 21.6. The van der Waals surface area contributed by atoms with E-state index in [0.29, 0.717) is 34.9 Å². The van der Waals surface area contributed by atoms with Crippen molar-refractivity contribution in [2.24, 2.45) is 0 Å². The first kappa shape index (κ1) is 25.7. The highest BCUT2D eigenvalue weighted by Gasteiger charge is 2.19. The maximum absolute atomic E-state index is 13.5. The van der Waals surface area contributed by atoms with E-state index in [1.54, 1.807) is 49.0 Å². The van der Waals surface area contributed by atoms with Crippen molar-refractivity contribution in [1.29, 1.82) is 0 Å². The summed E-state index contributed by atoms with van der Waals surface area (Å²) in [4.78, 5) is 45.6. The van der Waals surface area contributed by atoms with Crippen molar-refractivity contribution >= 4 is 17.3 Å². The molecule has 4 aromatic rings. The Morgan fingerprint density at radius 3 is 2.59 bits per heavy atom. The number of hydrogen-bond acceptors (Lipinski definition) is 5. The first-order valence-corrected chi connectivity index (χ1v) is 12.2. The van der Waals surface area contributed by atoms with E-state index in [9.17, 15) is 14.4 Å². The van der Waals surface area contributed by atoms with Gasteiger partial charge in [0.15, 0.2) is 0 Å². The molecule has 0 bridgehead atoms. The number of nitrogens with one attached hydrogen (secondary N) is 3. The average Bonchev–Trinajstić information content (AvgIpc) is 3.31. The average molecular weight is 502 g/mol. The lowest BCUT2D eigenvalue weighted by Crippen LogP contribution is -2.29. The molecule has 0 saturated heterocycles. The number of amides is 2. The van der Waals surface area contributed by atoms with Crippen LogP contribution in [0.25, 0.3) is 16.6 Å². The standard InChI is InChI=1S/C28H31N5O4/c1-6-37-24-10-17(4)32-27(35)21(24)14-30-28(36)23-13-20(12-22-25(16(2)3)31-15-33(22)23)18-8-7-9-19(11-18)26(34)29-5/h7-13,15-16H,6,14H2,1-5H3,(H,29,34)(H,30,36)(H,32,35). The Morgan fingerprint density at radius 2 is 1.89 bits per heavy atom. The fourth-order valence-electron chi connectivity index (χ4n) is 4.28. The minimum absolute atomic E-state index is 0.00656. The summed E-state index contributed by atoms with van der Waals surface area (Å²) in [5.41, 5.74) is 4.81. The van der Waals surface area contributed by atoms with Gasteiger partial charge in [-0.05, 0) is 61.2 Å². The summed E-state index contributed by atoms with van der Waals surface area (Å²) >= 11 is 0. The number of hydrogen-bond donors (Lipinski definition) is 3. The van der Waals surface area contributed by atoms with E-state index in [1.807, 2.05) is 39.0 Å². The lowest BCUT2D eigenvalue weighted by molar-refractivity contribution is 0.0941. The third-order valence-corrected chi connectivity index (χ3v) is 6.10. The van der Waals surface area contributed by atoms with Crippen molar-refractivity contribution in [2.45, 2.75) is 40.2 Å². The predicted molar refractivity (Wildman–Crippen MR) is 142 cm³/mol. The molecule has 3 heterocycles. The van der Waals surface area contributed by atoms with Crippen LogP contribution in [0.1, 0.15) is 64.5 Å². The van der Waals surface area contributed by atoms with Gasteiger partial charge in [-0.15, -0.1) is 0 Å². The van der Waals surface area contributed by atoms with Gasteiger partial charge in [-0.3, -0.25) is 18.8 Å². The van der Waals surface area contributed by atoms with Gasteiger partial charge in [-0.2, -0.15) is 0 Å². The minimum Gasteiger partial charge on any atom is -0.493 e. The summed E-state index contributed by atoms with van der Waals surface area (Å²) in [5, 5.41) is 5.51. The SMILES string of the molecule is CCOc1cc(C)[nH]c(=O)c1CNC(=O)c1cc(-c2cccc(C(=O)NC)c2)cc2c(C(C)C)ncn12. The number of benzene rings is 1. The molecule has 0 unspecified atom stereocenters. The lowest BCUT2D eigenvalue weighted by Gasteiger charge is -2.14. The highest BCUT2D eigenvalue weighted by Crippen LogP contribution is 2.28. The monoisotopic (exact) mass is 501 g/mol. The highest BCUT2D eigenvalue weighted by atomic mass is 16.5. The van der Waals surface area contributed by atoms with Crippen molar-refractivity contribution in [1.82, 2.24) is 25.0 Å². The van der Waals surface area contributed by atoms with Crippen LogP contribution in [0.15, 0.2) is 53.6 Å². The normalized spacial score (nSPS) is 11.1. The minimum atomic E-state index is -0.371. The maximum atomic E-state index is 13.5. The summed E-state index contributed by atoms with van der Waals surface area (Å²) in [5.74, 6) is 0.0119. The molecule has 0 aliphatic heterocycles. The van der Waals surface area contributed by atoms with Gasteiger partial charge in [-0.1, -0.05) is 26.0 Å². The maximum Gasteiger partial charge on any atom is 0.268 e. The number of imidazole rings is 1. The molecule has 0 atom stereocenters. The third kappa shape index (κ3) is 5.25. The highest BCUT2D eigenvalue weighted by molar-refractivity contribution is 5.97. The molecule has 37 heavy (non-hydrogen) atoms. The van der Waals surface area contributed by atoms with E-state index in [0.717, 1.165) is 22.3 Å². The molecular formula is C28H31N5O4. The molecule has 1 aromatic carbocycles. The van der Waals surface area contributed by atoms with Gasteiger partial charge in [-0.25, -0.2) is 4.98 Å². The number of carbonyl (C=O) groups excluding carboxylic acids is 2.